The summed E-state index contributed by atoms with van der Waals surface area (Å²) in [6, 6.07) is 5.39. The van der Waals surface area contributed by atoms with Crippen molar-refractivity contribution in [3.8, 4) is 0 Å². The molecule has 0 radical (unpaired) electrons. The second-order valence-electron chi connectivity index (χ2n) is 5.55. The Labute approximate surface area is 139 Å². The minimum absolute atomic E-state index is 0.156. The number of aliphatic hydroxyl groups excluding tert-OH is 1. The van der Waals surface area contributed by atoms with Crippen molar-refractivity contribution in [2.75, 3.05) is 19.3 Å². The van der Waals surface area contributed by atoms with E-state index in [1.807, 2.05) is 6.07 Å². The molecule has 2 unspecified atom stereocenters. The Balaban J connectivity index is 2.03. The number of nitrogens with zero attached hydrogens (tertiary/aromatic N) is 1. The summed E-state index contributed by atoms with van der Waals surface area (Å²) >= 11 is 9.48. The van der Waals surface area contributed by atoms with E-state index in [2.05, 4.69) is 15.9 Å². The van der Waals surface area contributed by atoms with Crippen molar-refractivity contribution in [2.24, 2.45) is 5.92 Å². The van der Waals surface area contributed by atoms with Gasteiger partial charge in [-0.05, 0) is 42.9 Å². The normalized spacial score (nSPS) is 22.2. The van der Waals surface area contributed by atoms with Gasteiger partial charge in [0.25, 0.3) is 0 Å². The quantitative estimate of drug-likeness (QED) is 0.850. The molecule has 1 saturated heterocycles. The third-order valence-corrected chi connectivity index (χ3v) is 5.92. The molecule has 118 valence electrons. The molecule has 21 heavy (non-hydrogen) atoms. The molecule has 1 N–H and O–H groups in total. The van der Waals surface area contributed by atoms with E-state index < -0.39 is 16.1 Å². The molecular formula is C14H19BrClNO3S. The van der Waals surface area contributed by atoms with Crippen LogP contribution in [0, 0.1) is 5.92 Å². The van der Waals surface area contributed by atoms with Crippen LogP contribution < -0.4 is 0 Å². The van der Waals surface area contributed by atoms with Gasteiger partial charge in [0.15, 0.2) is 0 Å². The Morgan fingerprint density at radius 2 is 2.24 bits per heavy atom. The van der Waals surface area contributed by atoms with Crippen LogP contribution in [0.2, 0.25) is 5.02 Å². The standard InChI is InChI=1S/C14H19BrClNO3S/c1-21(19,20)17-6-2-3-10(9-17)7-14(18)12-5-4-11(15)8-13(12)16/h4-5,8,10,14,18H,2-3,6-7,9H2,1H3. The zero-order chi connectivity index (χ0) is 15.6. The van der Waals surface area contributed by atoms with Crippen molar-refractivity contribution in [2.45, 2.75) is 25.4 Å². The van der Waals surface area contributed by atoms with E-state index in [0.717, 1.165) is 17.3 Å². The first-order chi connectivity index (χ1) is 9.77. The minimum Gasteiger partial charge on any atom is -0.388 e. The highest BCUT2D eigenvalue weighted by atomic mass is 79.9. The van der Waals surface area contributed by atoms with Crippen LogP contribution >= 0.6 is 27.5 Å². The van der Waals surface area contributed by atoms with E-state index in [1.165, 1.54) is 10.6 Å². The number of aliphatic hydroxyl groups is 1. The van der Waals surface area contributed by atoms with Gasteiger partial charge in [-0.25, -0.2) is 12.7 Å². The Morgan fingerprint density at radius 3 is 2.86 bits per heavy atom. The van der Waals surface area contributed by atoms with Crippen molar-refractivity contribution in [3.05, 3.63) is 33.3 Å². The van der Waals surface area contributed by atoms with Gasteiger partial charge in [0.2, 0.25) is 10.0 Å². The Morgan fingerprint density at radius 1 is 1.52 bits per heavy atom. The molecular weight excluding hydrogens is 378 g/mol. The van der Waals surface area contributed by atoms with E-state index in [9.17, 15) is 13.5 Å². The second kappa shape index (κ2) is 6.96. The van der Waals surface area contributed by atoms with Crippen LogP contribution in [-0.4, -0.2) is 37.2 Å². The van der Waals surface area contributed by atoms with Crippen LogP contribution in [0.15, 0.2) is 22.7 Å². The fraction of sp³-hybridized carbons (Fsp3) is 0.571. The van der Waals surface area contributed by atoms with Crippen LogP contribution in [0.3, 0.4) is 0 Å². The van der Waals surface area contributed by atoms with Crippen molar-refractivity contribution >= 4 is 37.6 Å². The number of hydrogen-bond acceptors (Lipinski definition) is 3. The summed E-state index contributed by atoms with van der Waals surface area (Å²) in [6.07, 6.45) is 2.84. The maximum atomic E-state index is 11.6. The van der Waals surface area contributed by atoms with Crippen molar-refractivity contribution in [3.63, 3.8) is 0 Å². The second-order valence-corrected chi connectivity index (χ2v) is 8.85. The fourth-order valence-corrected chi connectivity index (χ4v) is 4.48. The topological polar surface area (TPSA) is 57.6 Å². The van der Waals surface area contributed by atoms with Crippen molar-refractivity contribution < 1.29 is 13.5 Å². The summed E-state index contributed by atoms with van der Waals surface area (Å²) in [5, 5.41) is 10.9. The van der Waals surface area contributed by atoms with Crippen LogP contribution in [-0.2, 0) is 10.0 Å². The summed E-state index contributed by atoms with van der Waals surface area (Å²) < 4.78 is 25.6. The highest BCUT2D eigenvalue weighted by molar-refractivity contribution is 9.10. The fourth-order valence-electron chi connectivity index (χ4n) is 2.73. The summed E-state index contributed by atoms with van der Waals surface area (Å²) in [4.78, 5) is 0. The lowest BCUT2D eigenvalue weighted by Gasteiger charge is -2.32. The molecule has 0 bridgehead atoms. The molecule has 1 aliphatic heterocycles. The number of benzene rings is 1. The largest absolute Gasteiger partial charge is 0.388 e. The van der Waals surface area contributed by atoms with E-state index in [-0.39, 0.29) is 5.92 Å². The predicted octanol–water partition coefficient (Wildman–Crippen LogP) is 3.20. The summed E-state index contributed by atoms with van der Waals surface area (Å²) in [6.45, 7) is 1.05. The molecule has 1 fully saturated rings. The molecule has 1 aromatic carbocycles. The molecule has 1 aliphatic rings. The third kappa shape index (κ3) is 4.66. The predicted molar refractivity (Wildman–Crippen MR) is 87.9 cm³/mol. The highest BCUT2D eigenvalue weighted by Gasteiger charge is 2.28. The lowest BCUT2D eigenvalue weighted by molar-refractivity contribution is 0.123. The maximum Gasteiger partial charge on any atom is 0.211 e. The summed E-state index contributed by atoms with van der Waals surface area (Å²) in [7, 11) is -3.15. The smallest absolute Gasteiger partial charge is 0.211 e. The number of rotatable bonds is 4. The van der Waals surface area contributed by atoms with E-state index in [4.69, 9.17) is 11.6 Å². The molecule has 7 heteroatoms. The van der Waals surface area contributed by atoms with Gasteiger partial charge in [-0.1, -0.05) is 33.6 Å². The zero-order valence-corrected chi connectivity index (χ0v) is 15.0. The van der Waals surface area contributed by atoms with Crippen molar-refractivity contribution in [1.82, 2.24) is 4.31 Å². The Bertz CT molecular complexity index is 608. The first kappa shape index (κ1) is 17.2. The van der Waals surface area contributed by atoms with Crippen LogP contribution in [0.1, 0.15) is 30.9 Å². The molecule has 0 aromatic heterocycles. The lowest BCUT2D eigenvalue weighted by atomic mass is 9.91. The van der Waals surface area contributed by atoms with Gasteiger partial charge in [-0.2, -0.15) is 0 Å². The van der Waals surface area contributed by atoms with Gasteiger partial charge < -0.3 is 5.11 Å². The maximum absolute atomic E-state index is 11.6. The molecule has 2 atom stereocenters. The molecule has 4 nitrogen and oxygen atoms in total. The molecule has 2 rings (SSSR count). The first-order valence-electron chi connectivity index (χ1n) is 6.85. The van der Waals surface area contributed by atoms with Crippen LogP contribution in [0.4, 0.5) is 0 Å². The molecule has 1 aromatic rings. The first-order valence-corrected chi connectivity index (χ1v) is 9.87. The van der Waals surface area contributed by atoms with Crippen LogP contribution in [0.5, 0.6) is 0 Å². The van der Waals surface area contributed by atoms with Gasteiger partial charge in [0.1, 0.15) is 0 Å². The third-order valence-electron chi connectivity index (χ3n) is 3.83. The summed E-state index contributed by atoms with van der Waals surface area (Å²) in [5.41, 5.74) is 0.691. The SMILES string of the molecule is CS(=O)(=O)N1CCCC(CC(O)c2ccc(Br)cc2Cl)C1. The minimum atomic E-state index is -3.15. The molecule has 0 spiro atoms. The number of halogens is 2. The molecule has 1 heterocycles. The van der Waals surface area contributed by atoms with Gasteiger partial charge in [0, 0.05) is 22.6 Å². The van der Waals surface area contributed by atoms with E-state index in [0.29, 0.717) is 30.1 Å². The molecule has 0 aliphatic carbocycles. The Kier molecular flexibility index (Phi) is 5.71. The Hall–Kier alpha value is -0.140. The average Bonchev–Trinajstić information content (AvgIpc) is 2.37. The number of sulfonamides is 1. The van der Waals surface area contributed by atoms with Gasteiger partial charge in [-0.15, -0.1) is 0 Å². The van der Waals surface area contributed by atoms with Gasteiger partial charge in [0.05, 0.1) is 12.4 Å². The molecule has 0 amide bonds. The average molecular weight is 397 g/mol. The monoisotopic (exact) mass is 395 g/mol. The van der Waals surface area contributed by atoms with Crippen LogP contribution in [0.25, 0.3) is 0 Å². The van der Waals surface area contributed by atoms with E-state index >= 15 is 0 Å². The lowest BCUT2D eigenvalue weighted by Crippen LogP contribution is -2.39. The summed E-state index contributed by atoms with van der Waals surface area (Å²) in [5.74, 6) is 0.156. The van der Waals surface area contributed by atoms with E-state index in [1.54, 1.807) is 12.1 Å². The van der Waals surface area contributed by atoms with Gasteiger partial charge >= 0.3 is 0 Å². The highest BCUT2D eigenvalue weighted by Crippen LogP contribution is 2.32. The molecule has 0 saturated carbocycles. The van der Waals surface area contributed by atoms with Crippen molar-refractivity contribution in [1.29, 1.82) is 0 Å². The number of hydrogen-bond donors (Lipinski definition) is 1. The zero-order valence-electron chi connectivity index (χ0n) is 11.8. The van der Waals surface area contributed by atoms with Gasteiger partial charge in [-0.3, -0.25) is 0 Å². The number of piperidine rings is 1.